The highest BCUT2D eigenvalue weighted by Gasteiger charge is 2.29. The topological polar surface area (TPSA) is 97.8 Å². The van der Waals surface area contributed by atoms with Crippen molar-refractivity contribution in [2.75, 3.05) is 43.9 Å². The maximum atomic E-state index is 13.0. The number of carbonyl (C=O) groups excluding carboxylic acids is 1. The summed E-state index contributed by atoms with van der Waals surface area (Å²) in [5.41, 5.74) is 5.11. The number of rotatable bonds is 6. The number of hydrogen-bond donors (Lipinski definition) is 3. The first-order valence-electron chi connectivity index (χ1n) is 11.6. The van der Waals surface area contributed by atoms with E-state index < -0.39 is 5.97 Å². The molecule has 0 saturated carbocycles. The minimum Gasteiger partial charge on any atom is -0.478 e. The van der Waals surface area contributed by atoms with Gasteiger partial charge in [0.15, 0.2) is 0 Å². The van der Waals surface area contributed by atoms with Gasteiger partial charge in [-0.25, -0.2) is 4.79 Å². The summed E-state index contributed by atoms with van der Waals surface area (Å²) in [6.07, 6.45) is 3.33. The Morgan fingerprint density at radius 1 is 1.00 bits per heavy atom. The van der Waals surface area contributed by atoms with Gasteiger partial charge in [-0.15, -0.1) is 0 Å². The average Bonchev–Trinajstić information content (AvgIpc) is 3.20. The molecule has 0 spiro atoms. The van der Waals surface area contributed by atoms with Gasteiger partial charge in [0.05, 0.1) is 16.8 Å². The Morgan fingerprint density at radius 2 is 1.71 bits per heavy atom. The van der Waals surface area contributed by atoms with E-state index in [0.717, 1.165) is 44.0 Å². The summed E-state index contributed by atoms with van der Waals surface area (Å²) >= 11 is 0. The molecule has 0 radical (unpaired) electrons. The number of likely N-dealkylation sites (N-methyl/N-ethyl adjacent to an activating group) is 1. The van der Waals surface area contributed by atoms with E-state index in [-0.39, 0.29) is 11.5 Å². The molecule has 1 fully saturated rings. The van der Waals surface area contributed by atoms with Crippen LogP contribution >= 0.6 is 0 Å². The quantitative estimate of drug-likeness (QED) is 0.476. The van der Waals surface area contributed by atoms with Crippen molar-refractivity contribution < 1.29 is 14.7 Å². The van der Waals surface area contributed by atoms with E-state index in [2.05, 4.69) is 44.6 Å². The SMILES string of the molecule is CN1CCN(Cc2ccc(NC(=C3C(=O)Nc4ccc(C(=O)O)cc43)c3ccncc3)cc2)CC1. The largest absolute Gasteiger partial charge is 0.478 e. The van der Waals surface area contributed by atoms with Crippen LogP contribution in [0.2, 0.25) is 0 Å². The molecule has 0 atom stereocenters. The van der Waals surface area contributed by atoms with E-state index >= 15 is 0 Å². The number of anilines is 2. The lowest BCUT2D eigenvalue weighted by Crippen LogP contribution is -2.43. The van der Waals surface area contributed by atoms with Crippen LogP contribution in [0.3, 0.4) is 0 Å². The van der Waals surface area contributed by atoms with Gasteiger partial charge in [0.2, 0.25) is 0 Å². The van der Waals surface area contributed by atoms with Crippen LogP contribution in [0.4, 0.5) is 11.4 Å². The highest BCUT2D eigenvalue weighted by atomic mass is 16.4. The Kier molecular flexibility index (Phi) is 6.31. The lowest BCUT2D eigenvalue weighted by molar-refractivity contribution is -0.110. The van der Waals surface area contributed by atoms with Crippen molar-refractivity contribution in [3.05, 3.63) is 89.2 Å². The van der Waals surface area contributed by atoms with Crippen LogP contribution in [-0.4, -0.2) is 65.0 Å². The maximum Gasteiger partial charge on any atom is 0.335 e. The van der Waals surface area contributed by atoms with Crippen LogP contribution in [0.5, 0.6) is 0 Å². The number of nitrogens with one attached hydrogen (secondary N) is 2. The minimum atomic E-state index is -1.04. The van der Waals surface area contributed by atoms with Gasteiger partial charge in [0, 0.05) is 67.6 Å². The first kappa shape index (κ1) is 22.8. The van der Waals surface area contributed by atoms with Crippen molar-refractivity contribution in [2.45, 2.75) is 6.54 Å². The molecule has 2 aromatic carbocycles. The number of carboxylic acids is 1. The molecule has 1 aromatic heterocycles. The Morgan fingerprint density at radius 3 is 2.40 bits per heavy atom. The lowest BCUT2D eigenvalue weighted by Gasteiger charge is -2.32. The van der Waals surface area contributed by atoms with Gasteiger partial charge in [-0.1, -0.05) is 12.1 Å². The third kappa shape index (κ3) is 4.94. The number of amides is 1. The average molecular weight is 470 g/mol. The van der Waals surface area contributed by atoms with Crippen molar-refractivity contribution in [3.63, 3.8) is 0 Å². The number of piperazine rings is 1. The highest BCUT2D eigenvalue weighted by Crippen LogP contribution is 2.38. The fraction of sp³-hybridized carbons (Fsp3) is 0.222. The number of nitrogens with zero attached hydrogens (tertiary/aromatic N) is 3. The zero-order valence-corrected chi connectivity index (χ0v) is 19.5. The molecule has 0 aliphatic carbocycles. The third-order valence-electron chi connectivity index (χ3n) is 6.46. The van der Waals surface area contributed by atoms with Gasteiger partial charge in [0.25, 0.3) is 5.91 Å². The van der Waals surface area contributed by atoms with E-state index in [0.29, 0.717) is 22.5 Å². The molecule has 5 rings (SSSR count). The Hall–Kier alpha value is -4.01. The Bertz CT molecular complexity index is 1280. The van der Waals surface area contributed by atoms with Crippen molar-refractivity contribution in [1.82, 2.24) is 14.8 Å². The fourth-order valence-corrected chi connectivity index (χ4v) is 4.45. The molecule has 178 valence electrons. The molecule has 8 nitrogen and oxygen atoms in total. The predicted octanol–water partition coefficient (Wildman–Crippen LogP) is 3.46. The number of carboxylic acid groups (broad SMARTS) is 1. The number of aromatic nitrogens is 1. The van der Waals surface area contributed by atoms with Crippen molar-refractivity contribution >= 4 is 34.5 Å². The van der Waals surface area contributed by atoms with Crippen LogP contribution in [0.25, 0.3) is 11.3 Å². The van der Waals surface area contributed by atoms with Gasteiger partial charge in [-0.3, -0.25) is 14.7 Å². The molecular formula is C27H27N5O3. The molecule has 3 heterocycles. The zero-order chi connectivity index (χ0) is 24.4. The summed E-state index contributed by atoms with van der Waals surface area (Å²) < 4.78 is 0. The number of pyridine rings is 1. The van der Waals surface area contributed by atoms with Crippen LogP contribution in [0.15, 0.2) is 67.0 Å². The second-order valence-electron chi connectivity index (χ2n) is 8.91. The zero-order valence-electron chi connectivity index (χ0n) is 19.5. The van der Waals surface area contributed by atoms with E-state index in [4.69, 9.17) is 0 Å². The monoisotopic (exact) mass is 469 g/mol. The van der Waals surface area contributed by atoms with Crippen molar-refractivity contribution in [3.8, 4) is 0 Å². The summed E-state index contributed by atoms with van der Waals surface area (Å²) in [4.78, 5) is 33.5. The normalized spacial score (nSPS) is 17.6. The predicted molar refractivity (Wildman–Crippen MR) is 136 cm³/mol. The number of benzene rings is 2. The molecule has 35 heavy (non-hydrogen) atoms. The van der Waals surface area contributed by atoms with Crippen LogP contribution in [0, 0.1) is 0 Å². The van der Waals surface area contributed by atoms with Crippen LogP contribution in [0.1, 0.15) is 27.0 Å². The molecule has 1 saturated heterocycles. The van der Waals surface area contributed by atoms with Crippen molar-refractivity contribution in [2.24, 2.45) is 0 Å². The van der Waals surface area contributed by atoms with Crippen molar-refractivity contribution in [1.29, 1.82) is 0 Å². The summed E-state index contributed by atoms with van der Waals surface area (Å²) in [7, 11) is 2.15. The number of aromatic carboxylic acids is 1. The number of carbonyl (C=O) groups is 2. The maximum absolute atomic E-state index is 13.0. The molecule has 2 aliphatic heterocycles. The summed E-state index contributed by atoms with van der Waals surface area (Å²) in [5.74, 6) is -1.32. The molecule has 3 aromatic rings. The van der Waals surface area contributed by atoms with Gasteiger partial charge >= 0.3 is 5.97 Å². The molecule has 0 bridgehead atoms. The first-order valence-corrected chi connectivity index (χ1v) is 11.6. The molecule has 1 amide bonds. The second-order valence-corrected chi connectivity index (χ2v) is 8.91. The van der Waals surface area contributed by atoms with E-state index in [1.54, 1.807) is 18.5 Å². The summed E-state index contributed by atoms with van der Waals surface area (Å²) in [6.45, 7) is 5.18. The second kappa shape index (κ2) is 9.69. The smallest absolute Gasteiger partial charge is 0.335 e. The Balaban J connectivity index is 1.47. The van der Waals surface area contributed by atoms with Crippen LogP contribution in [-0.2, 0) is 11.3 Å². The van der Waals surface area contributed by atoms with Crippen LogP contribution < -0.4 is 10.6 Å². The van der Waals surface area contributed by atoms with E-state index in [9.17, 15) is 14.7 Å². The number of fused-ring (bicyclic) bond motifs is 1. The summed E-state index contributed by atoms with van der Waals surface area (Å²) in [5, 5.41) is 15.7. The summed E-state index contributed by atoms with van der Waals surface area (Å²) in [6, 6.07) is 16.5. The van der Waals surface area contributed by atoms with Gasteiger partial charge in [0.1, 0.15) is 0 Å². The lowest BCUT2D eigenvalue weighted by atomic mass is 9.99. The molecule has 0 unspecified atom stereocenters. The minimum absolute atomic E-state index is 0.125. The number of hydrogen-bond acceptors (Lipinski definition) is 6. The highest BCUT2D eigenvalue weighted by molar-refractivity contribution is 6.37. The van der Waals surface area contributed by atoms with E-state index in [1.807, 2.05) is 24.3 Å². The molecule has 8 heteroatoms. The molecule has 3 N–H and O–H groups in total. The van der Waals surface area contributed by atoms with Gasteiger partial charge in [-0.2, -0.15) is 0 Å². The van der Waals surface area contributed by atoms with Gasteiger partial charge < -0.3 is 20.6 Å². The third-order valence-corrected chi connectivity index (χ3v) is 6.46. The first-order chi connectivity index (χ1) is 17.0. The molecular weight excluding hydrogens is 442 g/mol. The standard InChI is InChI=1S/C27H27N5O3/c1-31-12-14-32(15-13-31)17-18-2-5-21(6-3-18)29-25(19-8-10-28-11-9-19)24-22-16-20(27(34)35)4-7-23(22)30-26(24)33/h2-11,16,29H,12-15,17H2,1H3,(H,30,33)(H,34,35). The fourth-order valence-electron chi connectivity index (χ4n) is 4.45. The van der Waals surface area contributed by atoms with E-state index in [1.165, 1.54) is 17.7 Å². The van der Waals surface area contributed by atoms with Gasteiger partial charge in [-0.05, 0) is 55.1 Å². The Labute approximate surface area is 203 Å². The molecule has 2 aliphatic rings.